The Morgan fingerprint density at radius 3 is 2.32 bits per heavy atom. The Kier molecular flexibility index (Phi) is 5.83. The first-order chi connectivity index (χ1) is 16.3. The molecule has 0 radical (unpaired) electrons. The number of piperazine rings is 1. The van der Waals surface area contributed by atoms with E-state index >= 15 is 0 Å². The number of nitrogens with zero attached hydrogens (tertiary/aromatic N) is 5. The van der Waals surface area contributed by atoms with Crippen LogP contribution in [0, 0.1) is 0 Å². The SMILES string of the molecule is CC(=O)N1c2ccc(S(=O)(=O)N3CCN(c4ccc(-c5ccccc5)nn4)CC3)cc2CC1C. The molecule has 2 aliphatic heterocycles. The summed E-state index contributed by atoms with van der Waals surface area (Å²) in [6.07, 6.45) is 0.656. The third kappa shape index (κ3) is 4.05. The third-order valence-electron chi connectivity index (χ3n) is 6.53. The van der Waals surface area contributed by atoms with Crippen molar-refractivity contribution in [2.45, 2.75) is 31.2 Å². The van der Waals surface area contributed by atoms with E-state index in [9.17, 15) is 13.2 Å². The lowest BCUT2D eigenvalue weighted by atomic mass is 10.1. The van der Waals surface area contributed by atoms with E-state index in [4.69, 9.17) is 0 Å². The minimum Gasteiger partial charge on any atom is -0.352 e. The summed E-state index contributed by atoms with van der Waals surface area (Å²) in [6.45, 7) is 5.34. The monoisotopic (exact) mass is 477 g/mol. The number of carbonyl (C=O) groups excluding carboxylic acids is 1. The van der Waals surface area contributed by atoms with Gasteiger partial charge >= 0.3 is 0 Å². The summed E-state index contributed by atoms with van der Waals surface area (Å²) in [4.78, 5) is 16.0. The van der Waals surface area contributed by atoms with Gasteiger partial charge in [-0.15, -0.1) is 10.2 Å². The predicted octanol–water partition coefficient (Wildman–Crippen LogP) is 2.95. The largest absolute Gasteiger partial charge is 0.352 e. The van der Waals surface area contributed by atoms with Crippen LogP contribution in [0.1, 0.15) is 19.4 Å². The molecule has 3 heterocycles. The zero-order valence-corrected chi connectivity index (χ0v) is 20.1. The van der Waals surface area contributed by atoms with Gasteiger partial charge in [0, 0.05) is 50.4 Å². The number of amides is 1. The topological polar surface area (TPSA) is 86.7 Å². The maximum absolute atomic E-state index is 13.3. The Labute approximate surface area is 199 Å². The molecule has 1 amide bonds. The summed E-state index contributed by atoms with van der Waals surface area (Å²) >= 11 is 0. The van der Waals surface area contributed by atoms with Crippen LogP contribution in [0.5, 0.6) is 0 Å². The van der Waals surface area contributed by atoms with Crippen molar-refractivity contribution in [1.82, 2.24) is 14.5 Å². The molecule has 0 spiro atoms. The minimum absolute atomic E-state index is 0.0297. The molecule has 0 saturated carbocycles. The average molecular weight is 478 g/mol. The molecule has 1 unspecified atom stereocenters. The van der Waals surface area contributed by atoms with Crippen LogP contribution in [0.4, 0.5) is 11.5 Å². The zero-order chi connectivity index (χ0) is 23.9. The summed E-state index contributed by atoms with van der Waals surface area (Å²) < 4.78 is 28.2. The lowest BCUT2D eigenvalue weighted by Gasteiger charge is -2.34. The van der Waals surface area contributed by atoms with E-state index in [0.29, 0.717) is 32.6 Å². The number of rotatable bonds is 4. The highest BCUT2D eigenvalue weighted by molar-refractivity contribution is 7.89. The molecule has 5 rings (SSSR count). The molecular weight excluding hydrogens is 450 g/mol. The van der Waals surface area contributed by atoms with E-state index < -0.39 is 10.0 Å². The normalized spacial score (nSPS) is 18.7. The molecule has 3 aromatic rings. The molecule has 9 heteroatoms. The van der Waals surface area contributed by atoms with Crippen molar-refractivity contribution in [2.24, 2.45) is 0 Å². The van der Waals surface area contributed by atoms with Gasteiger partial charge in [0.2, 0.25) is 15.9 Å². The first-order valence-electron chi connectivity index (χ1n) is 11.4. The molecule has 2 aliphatic rings. The Hall–Kier alpha value is -3.30. The van der Waals surface area contributed by atoms with Crippen LogP contribution in [0.15, 0.2) is 65.6 Å². The van der Waals surface area contributed by atoms with E-state index in [-0.39, 0.29) is 16.8 Å². The summed E-state index contributed by atoms with van der Waals surface area (Å²) in [6, 6.07) is 18.9. The van der Waals surface area contributed by atoms with E-state index in [0.717, 1.165) is 28.3 Å². The van der Waals surface area contributed by atoms with E-state index in [1.807, 2.05) is 49.4 Å². The highest BCUT2D eigenvalue weighted by Crippen LogP contribution is 2.34. The molecule has 34 heavy (non-hydrogen) atoms. The van der Waals surface area contributed by atoms with Gasteiger partial charge in [0.05, 0.1) is 10.6 Å². The molecule has 0 bridgehead atoms. The van der Waals surface area contributed by atoms with Crippen molar-refractivity contribution in [3.8, 4) is 11.3 Å². The van der Waals surface area contributed by atoms with Crippen LogP contribution in [0.25, 0.3) is 11.3 Å². The number of hydrogen-bond acceptors (Lipinski definition) is 6. The molecule has 1 aromatic heterocycles. The first-order valence-corrected chi connectivity index (χ1v) is 12.9. The summed E-state index contributed by atoms with van der Waals surface area (Å²) in [7, 11) is -3.62. The van der Waals surface area contributed by atoms with Gasteiger partial charge in [-0.1, -0.05) is 30.3 Å². The van der Waals surface area contributed by atoms with Crippen molar-refractivity contribution >= 4 is 27.4 Å². The van der Waals surface area contributed by atoms with E-state index in [1.165, 1.54) is 11.2 Å². The second-order valence-electron chi connectivity index (χ2n) is 8.77. The lowest BCUT2D eigenvalue weighted by molar-refractivity contribution is -0.116. The number of aromatic nitrogens is 2. The predicted molar refractivity (Wildman–Crippen MR) is 131 cm³/mol. The highest BCUT2D eigenvalue weighted by Gasteiger charge is 2.33. The van der Waals surface area contributed by atoms with Gasteiger partial charge < -0.3 is 9.80 Å². The van der Waals surface area contributed by atoms with E-state index in [1.54, 1.807) is 23.1 Å². The van der Waals surface area contributed by atoms with E-state index in [2.05, 4.69) is 15.1 Å². The van der Waals surface area contributed by atoms with Crippen LogP contribution < -0.4 is 9.80 Å². The van der Waals surface area contributed by atoms with Gasteiger partial charge in [-0.3, -0.25) is 4.79 Å². The fourth-order valence-corrected chi connectivity index (χ4v) is 6.28. The van der Waals surface area contributed by atoms with Crippen LogP contribution >= 0.6 is 0 Å². The third-order valence-corrected chi connectivity index (χ3v) is 8.42. The van der Waals surface area contributed by atoms with Crippen molar-refractivity contribution < 1.29 is 13.2 Å². The number of benzene rings is 2. The fraction of sp³-hybridized carbons (Fsp3) is 0.320. The molecule has 176 valence electrons. The van der Waals surface area contributed by atoms with Crippen LogP contribution in [-0.2, 0) is 21.2 Å². The average Bonchev–Trinajstić information content (AvgIpc) is 3.20. The van der Waals surface area contributed by atoms with Gasteiger partial charge in [0.1, 0.15) is 0 Å². The molecule has 0 N–H and O–H groups in total. The van der Waals surface area contributed by atoms with Gasteiger partial charge in [0.25, 0.3) is 0 Å². The molecule has 1 atom stereocenters. The number of carbonyl (C=O) groups is 1. The van der Waals surface area contributed by atoms with Crippen molar-refractivity contribution in [3.05, 3.63) is 66.2 Å². The summed E-state index contributed by atoms with van der Waals surface area (Å²) in [5.41, 5.74) is 3.52. The second-order valence-corrected chi connectivity index (χ2v) is 10.7. The highest BCUT2D eigenvalue weighted by atomic mass is 32.2. The maximum atomic E-state index is 13.3. The number of sulfonamides is 1. The van der Waals surface area contributed by atoms with Gasteiger partial charge in [0.15, 0.2) is 5.82 Å². The van der Waals surface area contributed by atoms with Crippen molar-refractivity contribution in [1.29, 1.82) is 0 Å². The molecule has 2 aromatic carbocycles. The zero-order valence-electron chi connectivity index (χ0n) is 19.3. The number of hydrogen-bond donors (Lipinski definition) is 0. The Morgan fingerprint density at radius 2 is 1.68 bits per heavy atom. The van der Waals surface area contributed by atoms with Crippen molar-refractivity contribution in [2.75, 3.05) is 36.0 Å². The fourth-order valence-electron chi connectivity index (χ4n) is 4.81. The minimum atomic E-state index is -3.62. The maximum Gasteiger partial charge on any atom is 0.243 e. The standard InChI is InChI=1S/C25H27N5O3S/c1-18-16-21-17-22(8-10-24(21)30(18)19(2)31)34(32,33)29-14-12-28(13-15-29)25-11-9-23(26-27-25)20-6-4-3-5-7-20/h3-11,17-18H,12-16H2,1-2H3. The Balaban J connectivity index is 1.27. The molecule has 1 fully saturated rings. The van der Waals surface area contributed by atoms with Crippen LogP contribution in [-0.4, -0.2) is 61.0 Å². The molecule has 1 saturated heterocycles. The Morgan fingerprint density at radius 1 is 0.941 bits per heavy atom. The number of fused-ring (bicyclic) bond motifs is 1. The summed E-state index contributed by atoms with van der Waals surface area (Å²) in [5.74, 6) is 0.713. The Bertz CT molecular complexity index is 1300. The quantitative estimate of drug-likeness (QED) is 0.574. The number of anilines is 2. The molecule has 8 nitrogen and oxygen atoms in total. The van der Waals surface area contributed by atoms with Crippen LogP contribution in [0.3, 0.4) is 0 Å². The molecule has 0 aliphatic carbocycles. The van der Waals surface area contributed by atoms with Crippen LogP contribution in [0.2, 0.25) is 0 Å². The smallest absolute Gasteiger partial charge is 0.243 e. The van der Waals surface area contributed by atoms with Crippen molar-refractivity contribution in [3.63, 3.8) is 0 Å². The van der Waals surface area contributed by atoms with Gasteiger partial charge in [-0.2, -0.15) is 4.31 Å². The lowest BCUT2D eigenvalue weighted by Crippen LogP contribution is -2.49. The molecular formula is C25H27N5O3S. The van der Waals surface area contributed by atoms with Gasteiger partial charge in [-0.05, 0) is 49.2 Å². The second kappa shape index (κ2) is 8.81. The first kappa shape index (κ1) is 22.5. The summed E-state index contributed by atoms with van der Waals surface area (Å²) in [5, 5.41) is 8.71. The van der Waals surface area contributed by atoms with Gasteiger partial charge in [-0.25, -0.2) is 8.42 Å².